The van der Waals surface area contributed by atoms with E-state index in [1.54, 1.807) is 0 Å². The van der Waals surface area contributed by atoms with Crippen molar-refractivity contribution < 1.29 is 9.47 Å². The van der Waals surface area contributed by atoms with Crippen LogP contribution < -0.4 is 14.4 Å². The van der Waals surface area contributed by atoms with Crippen LogP contribution >= 0.6 is 0 Å². The van der Waals surface area contributed by atoms with Gasteiger partial charge >= 0.3 is 0 Å². The summed E-state index contributed by atoms with van der Waals surface area (Å²) < 4.78 is 14.5. The van der Waals surface area contributed by atoms with Crippen molar-refractivity contribution >= 4 is 22.6 Å². The molecule has 0 radical (unpaired) electrons. The molecule has 0 amide bonds. The minimum Gasteiger partial charge on any atom is -0.449 e. The van der Waals surface area contributed by atoms with E-state index in [1.165, 1.54) is 39.0 Å². The zero-order valence-electron chi connectivity index (χ0n) is 35.0. The van der Waals surface area contributed by atoms with Crippen molar-refractivity contribution in [2.45, 2.75) is 18.3 Å². The predicted octanol–water partition coefficient (Wildman–Crippen LogP) is 16.5. The van der Waals surface area contributed by atoms with E-state index in [0.717, 1.165) is 80.3 Å². The number of benzene rings is 9. The molecule has 4 aliphatic rings. The largest absolute Gasteiger partial charge is 0.449 e. The maximum Gasteiger partial charge on any atom is 0.194 e. The molecule has 0 atom stereocenters. The average molecular weight is 820 g/mol. The summed E-state index contributed by atoms with van der Waals surface area (Å²) in [6, 6.07) is 76.2. The highest BCUT2D eigenvalue weighted by Gasteiger charge is 2.54. The molecule has 302 valence electrons. The van der Waals surface area contributed by atoms with Gasteiger partial charge in [-0.15, -0.1) is 0 Å². The monoisotopic (exact) mass is 819 g/mol. The molecule has 0 aromatic heterocycles. The number of fused-ring (bicyclic) bond motifs is 12. The third kappa shape index (κ3) is 5.47. The number of para-hydroxylation sites is 1. The maximum absolute atomic E-state index is 7.28. The summed E-state index contributed by atoms with van der Waals surface area (Å²) in [5, 5.41) is 0. The van der Waals surface area contributed by atoms with Crippen molar-refractivity contribution in [3.63, 3.8) is 0 Å². The van der Waals surface area contributed by atoms with Crippen molar-refractivity contribution in [1.82, 2.24) is 0 Å². The molecule has 0 saturated heterocycles. The van der Waals surface area contributed by atoms with Gasteiger partial charge in [0.05, 0.1) is 11.1 Å². The van der Waals surface area contributed by atoms with Gasteiger partial charge in [0.2, 0.25) is 0 Å². The molecule has 64 heavy (non-hydrogen) atoms. The van der Waals surface area contributed by atoms with Crippen LogP contribution in [0.15, 0.2) is 230 Å². The summed E-state index contributed by atoms with van der Waals surface area (Å²) in [5.74, 6) is 2.87. The Balaban J connectivity index is 1.01. The molecule has 1 heterocycles. The molecular weight excluding hydrogens is 779 g/mol. The van der Waals surface area contributed by atoms with E-state index >= 15 is 0 Å². The molecular formula is C61H41NO2. The summed E-state index contributed by atoms with van der Waals surface area (Å²) >= 11 is 0. The first-order valence-electron chi connectivity index (χ1n) is 22.2. The van der Waals surface area contributed by atoms with E-state index in [2.05, 4.69) is 229 Å². The third-order valence-electron chi connectivity index (χ3n) is 13.6. The molecule has 9 aromatic rings. The highest BCUT2D eigenvalue weighted by Crippen LogP contribution is 2.67. The topological polar surface area (TPSA) is 21.7 Å². The van der Waals surface area contributed by atoms with Crippen LogP contribution in [-0.4, -0.2) is 0 Å². The fraction of sp³-hybridized carbons (Fsp3) is 0.0492. The maximum atomic E-state index is 7.28. The van der Waals surface area contributed by atoms with Gasteiger partial charge in [0.1, 0.15) is 0 Å². The van der Waals surface area contributed by atoms with Crippen LogP contribution in [0, 0.1) is 0 Å². The van der Waals surface area contributed by atoms with Crippen molar-refractivity contribution in [2.75, 3.05) is 4.90 Å². The highest BCUT2D eigenvalue weighted by atomic mass is 16.6. The van der Waals surface area contributed by atoms with E-state index in [0.29, 0.717) is 11.5 Å². The molecule has 0 bridgehead atoms. The first kappa shape index (κ1) is 36.5. The van der Waals surface area contributed by atoms with Crippen molar-refractivity contribution in [2.24, 2.45) is 0 Å². The van der Waals surface area contributed by atoms with Gasteiger partial charge in [-0.05, 0) is 134 Å². The number of hydrogen-bond donors (Lipinski definition) is 0. The summed E-state index contributed by atoms with van der Waals surface area (Å²) in [6.45, 7) is 0. The Kier molecular flexibility index (Phi) is 8.26. The average Bonchev–Trinajstić information content (AvgIpc) is 3.84. The Morgan fingerprint density at radius 1 is 0.406 bits per heavy atom. The molecule has 0 N–H and O–H groups in total. The summed E-state index contributed by atoms with van der Waals surface area (Å²) in [6.07, 6.45) is 6.64. The lowest BCUT2D eigenvalue weighted by Crippen LogP contribution is -2.27. The highest BCUT2D eigenvalue weighted by molar-refractivity contribution is 5.98. The molecule has 13 rings (SSSR count). The van der Waals surface area contributed by atoms with Crippen LogP contribution in [0.4, 0.5) is 17.1 Å². The van der Waals surface area contributed by atoms with E-state index in [1.807, 2.05) is 0 Å². The third-order valence-corrected chi connectivity index (χ3v) is 13.6. The molecule has 0 saturated carbocycles. The number of hydrogen-bond acceptors (Lipinski definition) is 3. The Morgan fingerprint density at radius 2 is 0.953 bits per heavy atom. The quantitative estimate of drug-likeness (QED) is 0.167. The van der Waals surface area contributed by atoms with Gasteiger partial charge in [-0.3, -0.25) is 0 Å². The molecule has 0 fully saturated rings. The number of anilines is 3. The van der Waals surface area contributed by atoms with Gasteiger partial charge in [0, 0.05) is 16.9 Å². The van der Waals surface area contributed by atoms with Crippen molar-refractivity contribution in [3.8, 4) is 67.5 Å². The fourth-order valence-electron chi connectivity index (χ4n) is 10.9. The molecule has 3 aliphatic carbocycles. The summed E-state index contributed by atoms with van der Waals surface area (Å²) in [7, 11) is 0. The van der Waals surface area contributed by atoms with Crippen molar-refractivity contribution in [1.29, 1.82) is 0 Å². The number of allylic oxidation sites excluding steroid dienone is 4. The lowest BCUT2D eigenvalue weighted by Gasteiger charge is -2.33. The fourth-order valence-corrected chi connectivity index (χ4v) is 10.9. The SMILES string of the molecule is C1=CC2=C(CC1)c1c(ccc3c1Oc1cccc(N(c4cccc(-c5ccccc5)c4)c4cc(-c5ccccc5)cc(-c5ccccc5)c4)c1O3)C21c2ccccc2-c2ccccc21. The van der Waals surface area contributed by atoms with Gasteiger partial charge in [-0.2, -0.15) is 0 Å². The first-order valence-corrected chi connectivity index (χ1v) is 22.2. The summed E-state index contributed by atoms with van der Waals surface area (Å²) in [4.78, 5) is 2.33. The molecule has 3 nitrogen and oxygen atoms in total. The number of rotatable bonds is 6. The zero-order valence-corrected chi connectivity index (χ0v) is 35.0. The van der Waals surface area contributed by atoms with E-state index < -0.39 is 5.41 Å². The molecule has 1 aliphatic heterocycles. The Hall–Kier alpha value is -8.14. The van der Waals surface area contributed by atoms with Crippen LogP contribution in [0.5, 0.6) is 23.0 Å². The normalized spacial score (nSPS) is 14.4. The van der Waals surface area contributed by atoms with Crippen LogP contribution in [0.25, 0.3) is 50.1 Å². The number of nitrogens with zero attached hydrogens (tertiary/aromatic N) is 1. The molecule has 3 heteroatoms. The minimum atomic E-state index is -0.434. The zero-order chi connectivity index (χ0) is 42.2. The van der Waals surface area contributed by atoms with Crippen LogP contribution in [-0.2, 0) is 5.41 Å². The second kappa shape index (κ2) is 14.5. The van der Waals surface area contributed by atoms with Gasteiger partial charge in [-0.1, -0.05) is 176 Å². The molecule has 1 spiro atoms. The standard InChI is InChI=1S/C61H41NO2/c1-4-18-40(19-5-1)43-24-16-25-46(37-43)62(47-38-44(41-20-6-2-7-21-41)36-45(39-47)42-22-8-3-9-23-42)55-32-17-33-56-59(55)63-57-35-34-54-58(60(57)64-56)50-28-12-15-31-53(50)61(54)51-29-13-10-26-48(51)49-27-11-14-30-52(49)61/h1-11,13-27,29-39H,12,28H2. The van der Waals surface area contributed by atoms with Gasteiger partial charge in [-0.25, -0.2) is 0 Å². The van der Waals surface area contributed by atoms with E-state index in [4.69, 9.17) is 9.47 Å². The summed E-state index contributed by atoms with van der Waals surface area (Å²) in [5.41, 5.74) is 19.6. The Bertz CT molecular complexity index is 3280. The second-order valence-electron chi connectivity index (χ2n) is 17.1. The van der Waals surface area contributed by atoms with Crippen LogP contribution in [0.2, 0.25) is 0 Å². The Labute approximate surface area is 373 Å². The van der Waals surface area contributed by atoms with Gasteiger partial charge < -0.3 is 14.4 Å². The number of ether oxygens (including phenoxy) is 2. The second-order valence-corrected chi connectivity index (χ2v) is 17.1. The smallest absolute Gasteiger partial charge is 0.194 e. The first-order chi connectivity index (χ1) is 31.7. The van der Waals surface area contributed by atoms with Crippen LogP contribution in [0.3, 0.4) is 0 Å². The lowest BCUT2D eigenvalue weighted by atomic mass is 9.69. The molecule has 9 aromatic carbocycles. The molecule has 0 unspecified atom stereocenters. The lowest BCUT2D eigenvalue weighted by molar-refractivity contribution is 0.359. The van der Waals surface area contributed by atoms with Gasteiger partial charge in [0.15, 0.2) is 23.0 Å². The van der Waals surface area contributed by atoms with Gasteiger partial charge in [0.25, 0.3) is 0 Å². The van der Waals surface area contributed by atoms with Crippen molar-refractivity contribution in [3.05, 3.63) is 252 Å². The predicted molar refractivity (Wildman–Crippen MR) is 261 cm³/mol. The van der Waals surface area contributed by atoms with E-state index in [-0.39, 0.29) is 0 Å². The Morgan fingerprint density at radius 3 is 1.62 bits per heavy atom. The minimum absolute atomic E-state index is 0.434. The van der Waals surface area contributed by atoms with Crippen LogP contribution in [0.1, 0.15) is 35.1 Å². The van der Waals surface area contributed by atoms with E-state index in [9.17, 15) is 0 Å².